The fourth-order valence-corrected chi connectivity index (χ4v) is 4.32. The van der Waals surface area contributed by atoms with Crippen LogP contribution in [0.1, 0.15) is 22.3 Å². The number of hydrogen-bond acceptors (Lipinski definition) is 5. The Morgan fingerprint density at radius 3 is 2.29 bits per heavy atom. The van der Waals surface area contributed by atoms with Gasteiger partial charge in [-0.3, -0.25) is 14.4 Å². The van der Waals surface area contributed by atoms with Gasteiger partial charge in [0.15, 0.2) is 11.5 Å². The first kappa shape index (κ1) is 23.7. The van der Waals surface area contributed by atoms with Crippen LogP contribution in [0.4, 0.5) is 5.69 Å². The summed E-state index contributed by atoms with van der Waals surface area (Å²) in [7, 11) is 3.01. The van der Waals surface area contributed by atoms with Crippen LogP contribution in [0, 0.1) is 3.57 Å². The monoisotopic (exact) mass is 570 g/mol. The standard InChI is InChI=1S/C26H23IN2O5/c1-33-22-13-8-18(14-23(22)34-2)25(31)28(16-17-6-4-3-5-7-17)21-15-24(30)29(26(21)32)20-11-9-19(27)10-12-20/h3-14,21H,15-16H2,1-2H3. The summed E-state index contributed by atoms with van der Waals surface area (Å²) in [6.07, 6.45) is -0.0866. The van der Waals surface area contributed by atoms with Gasteiger partial charge in [-0.15, -0.1) is 0 Å². The van der Waals surface area contributed by atoms with Crippen molar-refractivity contribution >= 4 is 46.0 Å². The Morgan fingerprint density at radius 1 is 0.971 bits per heavy atom. The molecular formula is C26H23IN2O5. The Balaban J connectivity index is 1.70. The predicted molar refractivity (Wildman–Crippen MR) is 136 cm³/mol. The number of anilines is 1. The van der Waals surface area contributed by atoms with Gasteiger partial charge in [0.2, 0.25) is 5.91 Å². The van der Waals surface area contributed by atoms with Gasteiger partial charge in [0, 0.05) is 15.7 Å². The summed E-state index contributed by atoms with van der Waals surface area (Å²) in [5.74, 6) is -0.237. The molecule has 1 saturated heterocycles. The van der Waals surface area contributed by atoms with Crippen molar-refractivity contribution in [3.8, 4) is 11.5 Å². The summed E-state index contributed by atoms with van der Waals surface area (Å²) in [5, 5.41) is 0. The Hall–Kier alpha value is -3.40. The van der Waals surface area contributed by atoms with Crippen molar-refractivity contribution < 1.29 is 23.9 Å². The summed E-state index contributed by atoms with van der Waals surface area (Å²) in [6, 6.07) is 20.4. The smallest absolute Gasteiger partial charge is 0.257 e. The van der Waals surface area contributed by atoms with Gasteiger partial charge in [-0.1, -0.05) is 30.3 Å². The SMILES string of the molecule is COc1ccc(C(=O)N(Cc2ccccc2)C2CC(=O)N(c3ccc(I)cc3)C2=O)cc1OC. The van der Waals surface area contributed by atoms with Crippen molar-refractivity contribution in [1.29, 1.82) is 0 Å². The van der Waals surface area contributed by atoms with Gasteiger partial charge >= 0.3 is 0 Å². The molecule has 7 nitrogen and oxygen atoms in total. The van der Waals surface area contributed by atoms with Gasteiger partial charge in [-0.25, -0.2) is 4.90 Å². The average molecular weight is 570 g/mol. The molecule has 3 aromatic carbocycles. The second-order valence-electron chi connectivity index (χ2n) is 7.75. The van der Waals surface area contributed by atoms with Crippen LogP contribution < -0.4 is 14.4 Å². The molecule has 1 aliphatic heterocycles. The van der Waals surface area contributed by atoms with Crippen LogP contribution in [0.25, 0.3) is 0 Å². The van der Waals surface area contributed by atoms with E-state index >= 15 is 0 Å². The van der Waals surface area contributed by atoms with Gasteiger partial charge in [-0.05, 0) is 70.6 Å². The summed E-state index contributed by atoms with van der Waals surface area (Å²) in [4.78, 5) is 42.7. The van der Waals surface area contributed by atoms with Gasteiger partial charge in [0.25, 0.3) is 11.8 Å². The minimum Gasteiger partial charge on any atom is -0.493 e. The number of benzene rings is 3. The van der Waals surface area contributed by atoms with Crippen molar-refractivity contribution in [2.24, 2.45) is 0 Å². The van der Waals surface area contributed by atoms with Crippen LogP contribution in [0.2, 0.25) is 0 Å². The zero-order chi connectivity index (χ0) is 24.2. The fraction of sp³-hybridized carbons (Fsp3) is 0.192. The highest BCUT2D eigenvalue weighted by molar-refractivity contribution is 14.1. The van der Waals surface area contributed by atoms with E-state index in [1.807, 2.05) is 42.5 Å². The minimum absolute atomic E-state index is 0.0866. The van der Waals surface area contributed by atoms with E-state index in [-0.39, 0.29) is 24.8 Å². The van der Waals surface area contributed by atoms with Gasteiger partial charge < -0.3 is 14.4 Å². The van der Waals surface area contributed by atoms with Gasteiger partial charge in [0.05, 0.1) is 26.3 Å². The second-order valence-corrected chi connectivity index (χ2v) is 9.00. The third-order valence-electron chi connectivity index (χ3n) is 5.67. The minimum atomic E-state index is -0.924. The molecule has 3 aromatic rings. The van der Waals surface area contributed by atoms with Crippen molar-refractivity contribution in [1.82, 2.24) is 4.90 Å². The van der Waals surface area contributed by atoms with Crippen LogP contribution in [-0.4, -0.2) is 42.9 Å². The molecule has 0 aromatic heterocycles. The molecule has 1 heterocycles. The Bertz CT molecular complexity index is 1210. The Morgan fingerprint density at radius 2 is 1.65 bits per heavy atom. The molecule has 1 atom stereocenters. The highest BCUT2D eigenvalue weighted by Gasteiger charge is 2.44. The number of ether oxygens (including phenoxy) is 2. The number of imide groups is 1. The molecule has 0 spiro atoms. The van der Waals surface area contributed by atoms with E-state index in [0.717, 1.165) is 9.13 Å². The molecule has 1 unspecified atom stereocenters. The lowest BCUT2D eigenvalue weighted by atomic mass is 10.1. The number of hydrogen-bond donors (Lipinski definition) is 0. The van der Waals surface area contributed by atoms with E-state index in [4.69, 9.17) is 9.47 Å². The first-order valence-electron chi connectivity index (χ1n) is 10.6. The Labute approximate surface area is 211 Å². The number of carbonyl (C=O) groups excluding carboxylic acids is 3. The molecule has 34 heavy (non-hydrogen) atoms. The lowest BCUT2D eigenvalue weighted by Crippen LogP contribution is -2.45. The molecule has 0 saturated carbocycles. The van der Waals surface area contributed by atoms with E-state index < -0.39 is 11.9 Å². The number of methoxy groups -OCH3 is 2. The molecule has 0 radical (unpaired) electrons. The van der Waals surface area contributed by atoms with Crippen molar-refractivity contribution in [3.63, 3.8) is 0 Å². The van der Waals surface area contributed by atoms with Crippen LogP contribution in [0.15, 0.2) is 72.8 Å². The zero-order valence-electron chi connectivity index (χ0n) is 18.7. The van der Waals surface area contributed by atoms with Crippen LogP contribution in [0.5, 0.6) is 11.5 Å². The molecule has 0 aliphatic carbocycles. The maximum atomic E-state index is 13.7. The summed E-state index contributed by atoms with van der Waals surface area (Å²) in [6.45, 7) is 0.179. The molecule has 4 rings (SSSR count). The fourth-order valence-electron chi connectivity index (χ4n) is 3.96. The quantitative estimate of drug-likeness (QED) is 0.313. The van der Waals surface area contributed by atoms with E-state index in [1.165, 1.54) is 24.0 Å². The molecule has 1 aliphatic rings. The van der Waals surface area contributed by atoms with E-state index in [0.29, 0.717) is 22.7 Å². The molecule has 0 bridgehead atoms. The summed E-state index contributed by atoms with van der Waals surface area (Å²) in [5.41, 5.74) is 1.68. The summed E-state index contributed by atoms with van der Waals surface area (Å²) < 4.78 is 11.6. The van der Waals surface area contributed by atoms with Crippen molar-refractivity contribution in [2.75, 3.05) is 19.1 Å². The van der Waals surface area contributed by atoms with Crippen molar-refractivity contribution in [3.05, 3.63) is 87.5 Å². The maximum absolute atomic E-state index is 13.7. The molecule has 8 heteroatoms. The molecule has 1 fully saturated rings. The maximum Gasteiger partial charge on any atom is 0.257 e. The highest BCUT2D eigenvalue weighted by atomic mass is 127. The number of halogens is 1. The average Bonchev–Trinajstić information content (AvgIpc) is 3.16. The zero-order valence-corrected chi connectivity index (χ0v) is 20.9. The van der Waals surface area contributed by atoms with Crippen molar-refractivity contribution in [2.45, 2.75) is 19.0 Å². The highest BCUT2D eigenvalue weighted by Crippen LogP contribution is 2.31. The molecule has 174 valence electrons. The van der Waals surface area contributed by atoms with Crippen LogP contribution >= 0.6 is 22.6 Å². The lowest BCUT2D eigenvalue weighted by Gasteiger charge is -2.28. The first-order valence-corrected chi connectivity index (χ1v) is 11.7. The van der Waals surface area contributed by atoms with E-state index in [9.17, 15) is 14.4 Å². The number of nitrogens with zero attached hydrogens (tertiary/aromatic N) is 2. The van der Waals surface area contributed by atoms with E-state index in [2.05, 4.69) is 22.6 Å². The number of carbonyl (C=O) groups is 3. The lowest BCUT2D eigenvalue weighted by molar-refractivity contribution is -0.122. The second kappa shape index (κ2) is 10.3. The largest absolute Gasteiger partial charge is 0.493 e. The predicted octanol–water partition coefficient (Wildman–Crippen LogP) is 4.28. The summed E-state index contributed by atoms with van der Waals surface area (Å²) >= 11 is 2.16. The van der Waals surface area contributed by atoms with E-state index in [1.54, 1.807) is 30.3 Å². The number of rotatable bonds is 7. The molecule has 3 amide bonds. The van der Waals surface area contributed by atoms with Gasteiger partial charge in [0.1, 0.15) is 6.04 Å². The molecule has 0 N–H and O–H groups in total. The Kier molecular flexibility index (Phi) is 7.16. The normalized spacial score (nSPS) is 15.4. The topological polar surface area (TPSA) is 76.2 Å². The van der Waals surface area contributed by atoms with Gasteiger partial charge in [-0.2, -0.15) is 0 Å². The first-order chi connectivity index (χ1) is 16.4. The number of amides is 3. The van der Waals surface area contributed by atoms with Crippen LogP contribution in [-0.2, 0) is 16.1 Å². The third kappa shape index (κ3) is 4.77. The van der Waals surface area contributed by atoms with Crippen LogP contribution in [0.3, 0.4) is 0 Å². The third-order valence-corrected chi connectivity index (χ3v) is 6.39. The molecular weight excluding hydrogens is 547 g/mol.